The summed E-state index contributed by atoms with van der Waals surface area (Å²) in [5, 5.41) is 0. The second kappa shape index (κ2) is 3.41. The van der Waals surface area contributed by atoms with E-state index >= 15 is 0 Å². The van der Waals surface area contributed by atoms with E-state index in [-0.39, 0.29) is 5.41 Å². The zero-order valence-corrected chi connectivity index (χ0v) is 12.7. The largest absolute Gasteiger partial charge is 0.299 e. The van der Waals surface area contributed by atoms with Crippen molar-refractivity contribution in [2.24, 2.45) is 34.0 Å². The van der Waals surface area contributed by atoms with Gasteiger partial charge in [-0.05, 0) is 47.8 Å². The molecule has 0 aromatic heterocycles. The van der Waals surface area contributed by atoms with Crippen LogP contribution in [0.2, 0.25) is 0 Å². The van der Waals surface area contributed by atoms with Crippen molar-refractivity contribution in [3.05, 3.63) is 0 Å². The van der Waals surface area contributed by atoms with Crippen LogP contribution in [0.5, 0.6) is 0 Å². The van der Waals surface area contributed by atoms with Crippen molar-refractivity contribution >= 4 is 5.78 Å². The van der Waals surface area contributed by atoms with E-state index in [2.05, 4.69) is 34.6 Å². The van der Waals surface area contributed by atoms with E-state index in [0.29, 0.717) is 28.4 Å². The summed E-state index contributed by atoms with van der Waals surface area (Å²) in [7, 11) is 0. The van der Waals surface area contributed by atoms with Crippen LogP contribution < -0.4 is 0 Å². The fourth-order valence-electron chi connectivity index (χ4n) is 6.23. The van der Waals surface area contributed by atoms with Gasteiger partial charge in [0.2, 0.25) is 0 Å². The molecule has 0 radical (unpaired) electrons. The molecule has 0 bridgehead atoms. The number of rotatable bonds is 0. The highest BCUT2D eigenvalue weighted by Crippen LogP contribution is 2.76. The van der Waals surface area contributed by atoms with Gasteiger partial charge in [0.1, 0.15) is 5.78 Å². The van der Waals surface area contributed by atoms with Gasteiger partial charge in [0.25, 0.3) is 0 Å². The predicted molar refractivity (Wildman–Crippen MR) is 74.2 cm³/mol. The van der Waals surface area contributed by atoms with E-state index in [1.54, 1.807) is 0 Å². The van der Waals surface area contributed by atoms with E-state index in [1.165, 1.54) is 19.3 Å². The molecule has 0 N–H and O–H groups in total. The monoisotopic (exact) mass is 248 g/mol. The molecule has 3 fully saturated rings. The third-order valence-corrected chi connectivity index (χ3v) is 6.68. The van der Waals surface area contributed by atoms with Gasteiger partial charge in [-0.15, -0.1) is 0 Å². The molecule has 0 unspecified atom stereocenters. The molecule has 3 saturated carbocycles. The topological polar surface area (TPSA) is 17.1 Å². The maximum atomic E-state index is 12.6. The molecule has 1 heteroatoms. The highest BCUT2D eigenvalue weighted by Gasteiger charge is 2.73. The maximum Gasteiger partial charge on any atom is 0.139 e. The van der Waals surface area contributed by atoms with Crippen LogP contribution in [-0.2, 0) is 4.79 Å². The van der Waals surface area contributed by atoms with E-state index < -0.39 is 0 Å². The van der Waals surface area contributed by atoms with E-state index in [4.69, 9.17) is 0 Å². The first kappa shape index (κ1) is 12.7. The summed E-state index contributed by atoms with van der Waals surface area (Å²) in [4.78, 5) is 12.6. The number of Topliss-reactive ketones (excluding diaryl/α,β-unsaturated/α-hetero) is 1. The quantitative estimate of drug-likeness (QED) is 0.619. The lowest BCUT2D eigenvalue weighted by Gasteiger charge is -2.69. The zero-order valence-electron chi connectivity index (χ0n) is 12.7. The van der Waals surface area contributed by atoms with Crippen molar-refractivity contribution in [1.29, 1.82) is 0 Å². The van der Waals surface area contributed by atoms with Crippen molar-refractivity contribution in [3.63, 3.8) is 0 Å². The van der Waals surface area contributed by atoms with Crippen molar-refractivity contribution in [2.75, 3.05) is 0 Å². The summed E-state index contributed by atoms with van der Waals surface area (Å²) in [5.41, 5.74) is 0.855. The Morgan fingerprint density at radius 1 is 1.17 bits per heavy atom. The Hall–Kier alpha value is -0.330. The Kier molecular flexibility index (Phi) is 2.40. The summed E-state index contributed by atoms with van der Waals surface area (Å²) >= 11 is 0. The van der Waals surface area contributed by atoms with Crippen molar-refractivity contribution in [2.45, 2.75) is 66.7 Å². The van der Waals surface area contributed by atoms with E-state index in [9.17, 15) is 4.79 Å². The van der Waals surface area contributed by atoms with Crippen LogP contribution in [0.3, 0.4) is 0 Å². The smallest absolute Gasteiger partial charge is 0.139 e. The third kappa shape index (κ3) is 1.26. The molecule has 0 aromatic rings. The van der Waals surface area contributed by atoms with Gasteiger partial charge in [-0.1, -0.05) is 41.0 Å². The molecule has 102 valence electrons. The first-order valence-electron chi connectivity index (χ1n) is 7.75. The standard InChI is InChI=1S/C17H28O/c1-15(2,3)11-8-9-13(18)17-10-6-7-12(17)16(4,5)14(11)17/h11-12,14H,6-10H2,1-5H3/t11-,12-,14-,17-/m1/s1. The minimum absolute atomic E-state index is 0.111. The van der Waals surface area contributed by atoms with E-state index in [0.717, 1.165) is 18.8 Å². The Balaban J connectivity index is 2.04. The van der Waals surface area contributed by atoms with Gasteiger partial charge in [0.15, 0.2) is 0 Å². The van der Waals surface area contributed by atoms with Crippen LogP contribution in [0.25, 0.3) is 0 Å². The molecule has 0 amide bonds. The molecule has 3 aliphatic carbocycles. The van der Waals surface area contributed by atoms with Crippen molar-refractivity contribution in [3.8, 4) is 0 Å². The summed E-state index contributed by atoms with van der Waals surface area (Å²) in [6.07, 6.45) is 5.76. The highest BCUT2D eigenvalue weighted by atomic mass is 16.1. The van der Waals surface area contributed by atoms with Gasteiger partial charge < -0.3 is 0 Å². The number of carbonyl (C=O) groups excluding carboxylic acids is 1. The lowest BCUT2D eigenvalue weighted by Crippen LogP contribution is -2.68. The maximum absolute atomic E-state index is 12.6. The second-order valence-electron chi connectivity index (χ2n) is 8.72. The molecule has 0 aromatic carbocycles. The molecular formula is C17H28O. The fraction of sp³-hybridized carbons (Fsp3) is 0.941. The molecule has 18 heavy (non-hydrogen) atoms. The van der Waals surface area contributed by atoms with Crippen LogP contribution in [-0.4, -0.2) is 5.78 Å². The number of hydrogen-bond acceptors (Lipinski definition) is 1. The van der Waals surface area contributed by atoms with Crippen LogP contribution in [0, 0.1) is 34.0 Å². The zero-order chi connectivity index (χ0) is 13.3. The lowest BCUT2D eigenvalue weighted by molar-refractivity contribution is -0.220. The minimum atomic E-state index is 0.111. The average Bonchev–Trinajstić information content (AvgIpc) is 2.62. The number of hydrogen-bond donors (Lipinski definition) is 0. The van der Waals surface area contributed by atoms with Gasteiger partial charge in [-0.2, -0.15) is 0 Å². The summed E-state index contributed by atoms with van der Waals surface area (Å²) in [5.74, 6) is 2.70. The normalized spacial score (nSPS) is 46.3. The van der Waals surface area contributed by atoms with Crippen LogP contribution >= 0.6 is 0 Å². The summed E-state index contributed by atoms with van der Waals surface area (Å²) in [6, 6.07) is 0. The fourth-order valence-corrected chi connectivity index (χ4v) is 6.23. The van der Waals surface area contributed by atoms with Gasteiger partial charge in [-0.3, -0.25) is 4.79 Å². The molecule has 0 heterocycles. The Bertz CT molecular complexity index is 387. The van der Waals surface area contributed by atoms with Gasteiger partial charge >= 0.3 is 0 Å². The molecule has 1 nitrogen and oxygen atoms in total. The van der Waals surface area contributed by atoms with E-state index in [1.807, 2.05) is 0 Å². The molecule has 0 aliphatic heterocycles. The molecule has 3 aliphatic rings. The second-order valence-corrected chi connectivity index (χ2v) is 8.72. The predicted octanol–water partition coefficient (Wildman–Crippen LogP) is 4.45. The molecular weight excluding hydrogens is 220 g/mol. The molecule has 0 saturated heterocycles. The molecule has 3 rings (SSSR count). The third-order valence-electron chi connectivity index (χ3n) is 6.68. The van der Waals surface area contributed by atoms with Crippen LogP contribution in [0.1, 0.15) is 66.7 Å². The number of carbonyl (C=O) groups is 1. The highest BCUT2D eigenvalue weighted by molar-refractivity contribution is 5.88. The van der Waals surface area contributed by atoms with Gasteiger partial charge in [0.05, 0.1) is 0 Å². The Labute approximate surface area is 112 Å². The first-order valence-corrected chi connectivity index (χ1v) is 7.75. The Morgan fingerprint density at radius 2 is 1.83 bits per heavy atom. The minimum Gasteiger partial charge on any atom is -0.299 e. The van der Waals surface area contributed by atoms with Crippen molar-refractivity contribution in [1.82, 2.24) is 0 Å². The van der Waals surface area contributed by atoms with Gasteiger partial charge in [-0.25, -0.2) is 0 Å². The van der Waals surface area contributed by atoms with Crippen LogP contribution in [0.4, 0.5) is 0 Å². The van der Waals surface area contributed by atoms with Crippen molar-refractivity contribution < 1.29 is 4.79 Å². The Morgan fingerprint density at radius 3 is 2.44 bits per heavy atom. The molecule has 1 spiro atoms. The first-order chi connectivity index (χ1) is 8.22. The molecule has 4 atom stereocenters. The number of ketones is 1. The van der Waals surface area contributed by atoms with Gasteiger partial charge in [0, 0.05) is 11.8 Å². The lowest BCUT2D eigenvalue weighted by atomic mass is 9.33. The summed E-state index contributed by atoms with van der Waals surface area (Å²) < 4.78 is 0. The summed E-state index contributed by atoms with van der Waals surface area (Å²) in [6.45, 7) is 12.0. The SMILES string of the molecule is CC(C)(C)[C@@H]1CCC(=O)[C@@]23CCC[C@@H]2C(C)(C)[C@@H]13. The average molecular weight is 248 g/mol. The van der Waals surface area contributed by atoms with Crippen LogP contribution in [0.15, 0.2) is 0 Å².